The van der Waals surface area contributed by atoms with Gasteiger partial charge in [-0.05, 0) is 31.7 Å². The summed E-state index contributed by atoms with van der Waals surface area (Å²) in [6.07, 6.45) is 2.12. The maximum absolute atomic E-state index is 11.2. The molecule has 0 amide bonds. The summed E-state index contributed by atoms with van der Waals surface area (Å²) in [4.78, 5) is 13.4. The molecule has 0 aliphatic carbocycles. The predicted octanol–water partition coefficient (Wildman–Crippen LogP) is 2.22. The van der Waals surface area contributed by atoms with Crippen molar-refractivity contribution in [1.29, 1.82) is 0 Å². The van der Waals surface area contributed by atoms with E-state index >= 15 is 0 Å². The van der Waals surface area contributed by atoms with E-state index in [0.29, 0.717) is 12.0 Å². The molecule has 1 aliphatic rings. The van der Waals surface area contributed by atoms with Gasteiger partial charge in [-0.25, -0.2) is 0 Å². The fourth-order valence-electron chi connectivity index (χ4n) is 2.49. The zero-order valence-electron chi connectivity index (χ0n) is 10.2. The first-order valence-electron chi connectivity index (χ1n) is 5.97. The fraction of sp³-hybridized carbons (Fsp3) is 0.917. The number of carbonyl (C=O) groups is 1. The lowest BCUT2D eigenvalue weighted by molar-refractivity contribution is -0.144. The van der Waals surface area contributed by atoms with Crippen molar-refractivity contribution in [3.05, 3.63) is 0 Å². The van der Waals surface area contributed by atoms with Crippen molar-refractivity contribution in [1.82, 2.24) is 4.90 Å². The zero-order valence-corrected chi connectivity index (χ0v) is 10.2. The van der Waals surface area contributed by atoms with Crippen LogP contribution in [0.4, 0.5) is 0 Å². The number of hydrogen-bond acceptors (Lipinski definition) is 2. The molecule has 0 aromatic carbocycles. The maximum atomic E-state index is 11.2. The van der Waals surface area contributed by atoms with E-state index in [1.54, 1.807) is 0 Å². The Morgan fingerprint density at radius 1 is 1.53 bits per heavy atom. The minimum Gasteiger partial charge on any atom is -0.480 e. The third-order valence-corrected chi connectivity index (χ3v) is 3.98. The van der Waals surface area contributed by atoms with Crippen LogP contribution in [-0.4, -0.2) is 34.6 Å². The van der Waals surface area contributed by atoms with Crippen LogP contribution in [0.5, 0.6) is 0 Å². The van der Waals surface area contributed by atoms with Crippen LogP contribution in [0.1, 0.15) is 40.5 Å². The summed E-state index contributed by atoms with van der Waals surface area (Å²) in [5.74, 6) is 0.196. The molecule has 1 heterocycles. The van der Waals surface area contributed by atoms with Gasteiger partial charge in [0.05, 0.1) is 0 Å². The second-order valence-electron chi connectivity index (χ2n) is 4.91. The largest absolute Gasteiger partial charge is 0.480 e. The van der Waals surface area contributed by atoms with Crippen molar-refractivity contribution in [3.63, 3.8) is 0 Å². The number of carboxylic acid groups (broad SMARTS) is 1. The SMILES string of the molecule is CCC(C)C(C)N1CCC(C)C1C(=O)O. The summed E-state index contributed by atoms with van der Waals surface area (Å²) in [5.41, 5.74) is 0. The van der Waals surface area contributed by atoms with Crippen LogP contribution in [0, 0.1) is 11.8 Å². The van der Waals surface area contributed by atoms with E-state index in [9.17, 15) is 9.90 Å². The van der Waals surface area contributed by atoms with Crippen molar-refractivity contribution in [3.8, 4) is 0 Å². The van der Waals surface area contributed by atoms with Crippen molar-refractivity contribution in [2.24, 2.45) is 11.8 Å². The normalized spacial score (nSPS) is 31.5. The molecule has 4 unspecified atom stereocenters. The monoisotopic (exact) mass is 213 g/mol. The second-order valence-corrected chi connectivity index (χ2v) is 4.91. The number of rotatable bonds is 4. The quantitative estimate of drug-likeness (QED) is 0.778. The van der Waals surface area contributed by atoms with Crippen molar-refractivity contribution < 1.29 is 9.90 Å². The van der Waals surface area contributed by atoms with Gasteiger partial charge in [0.15, 0.2) is 0 Å². The molecule has 88 valence electrons. The van der Waals surface area contributed by atoms with Gasteiger partial charge in [-0.3, -0.25) is 9.69 Å². The predicted molar refractivity (Wildman–Crippen MR) is 60.8 cm³/mol. The van der Waals surface area contributed by atoms with E-state index in [4.69, 9.17) is 0 Å². The van der Waals surface area contributed by atoms with Gasteiger partial charge >= 0.3 is 5.97 Å². The lowest BCUT2D eigenvalue weighted by atomic mass is 9.97. The van der Waals surface area contributed by atoms with Gasteiger partial charge in [0, 0.05) is 6.04 Å². The smallest absolute Gasteiger partial charge is 0.321 e. The van der Waals surface area contributed by atoms with Crippen LogP contribution in [-0.2, 0) is 4.79 Å². The molecule has 0 radical (unpaired) electrons. The van der Waals surface area contributed by atoms with E-state index in [0.717, 1.165) is 19.4 Å². The van der Waals surface area contributed by atoms with Gasteiger partial charge < -0.3 is 5.11 Å². The van der Waals surface area contributed by atoms with Crippen LogP contribution in [0.15, 0.2) is 0 Å². The molecule has 1 rings (SSSR count). The molecular weight excluding hydrogens is 190 g/mol. The van der Waals surface area contributed by atoms with E-state index < -0.39 is 5.97 Å². The summed E-state index contributed by atoms with van der Waals surface area (Å²) >= 11 is 0. The standard InChI is InChI=1S/C12H23NO2/c1-5-8(2)10(4)13-7-6-9(3)11(13)12(14)15/h8-11H,5-7H2,1-4H3,(H,14,15). The highest BCUT2D eigenvalue weighted by Gasteiger charge is 2.39. The fourth-order valence-corrected chi connectivity index (χ4v) is 2.49. The molecule has 0 saturated carbocycles. The highest BCUT2D eigenvalue weighted by Crippen LogP contribution is 2.29. The first kappa shape index (κ1) is 12.5. The minimum atomic E-state index is -0.657. The van der Waals surface area contributed by atoms with E-state index in [1.807, 2.05) is 6.92 Å². The van der Waals surface area contributed by atoms with Crippen molar-refractivity contribution >= 4 is 5.97 Å². The van der Waals surface area contributed by atoms with Crippen LogP contribution < -0.4 is 0 Å². The van der Waals surface area contributed by atoms with Gasteiger partial charge in [0.1, 0.15) is 6.04 Å². The topological polar surface area (TPSA) is 40.5 Å². The number of aliphatic carboxylic acids is 1. The highest BCUT2D eigenvalue weighted by molar-refractivity contribution is 5.74. The third kappa shape index (κ3) is 2.51. The molecular formula is C12H23NO2. The molecule has 0 aromatic rings. The van der Waals surface area contributed by atoms with Crippen molar-refractivity contribution in [2.45, 2.75) is 52.6 Å². The summed E-state index contributed by atoms with van der Waals surface area (Å²) in [7, 11) is 0. The molecule has 3 nitrogen and oxygen atoms in total. The number of carboxylic acids is 1. The lowest BCUT2D eigenvalue weighted by Crippen LogP contribution is -2.46. The minimum absolute atomic E-state index is 0.269. The molecule has 1 fully saturated rings. The Bertz CT molecular complexity index is 230. The Labute approximate surface area is 92.5 Å². The Morgan fingerprint density at radius 3 is 2.60 bits per heavy atom. The van der Waals surface area contributed by atoms with Crippen LogP contribution in [0.25, 0.3) is 0 Å². The Morgan fingerprint density at radius 2 is 2.13 bits per heavy atom. The van der Waals surface area contributed by atoms with Crippen LogP contribution >= 0.6 is 0 Å². The first-order valence-corrected chi connectivity index (χ1v) is 5.97. The number of likely N-dealkylation sites (tertiary alicyclic amines) is 1. The van der Waals surface area contributed by atoms with Gasteiger partial charge in [0.2, 0.25) is 0 Å². The summed E-state index contributed by atoms with van der Waals surface area (Å²) in [6.45, 7) is 9.50. The average molecular weight is 213 g/mol. The summed E-state index contributed by atoms with van der Waals surface area (Å²) < 4.78 is 0. The Hall–Kier alpha value is -0.570. The number of hydrogen-bond donors (Lipinski definition) is 1. The maximum Gasteiger partial charge on any atom is 0.321 e. The molecule has 1 saturated heterocycles. The van der Waals surface area contributed by atoms with Gasteiger partial charge in [-0.15, -0.1) is 0 Å². The van der Waals surface area contributed by atoms with E-state index in [-0.39, 0.29) is 12.0 Å². The lowest BCUT2D eigenvalue weighted by Gasteiger charge is -2.33. The van der Waals surface area contributed by atoms with Crippen molar-refractivity contribution in [2.75, 3.05) is 6.54 Å². The molecule has 0 spiro atoms. The average Bonchev–Trinajstić information content (AvgIpc) is 2.57. The second kappa shape index (κ2) is 4.97. The van der Waals surface area contributed by atoms with Gasteiger partial charge in [-0.1, -0.05) is 27.2 Å². The Balaban J connectivity index is 2.72. The summed E-state index contributed by atoms with van der Waals surface area (Å²) in [5, 5.41) is 9.22. The van der Waals surface area contributed by atoms with Crippen LogP contribution in [0.2, 0.25) is 0 Å². The van der Waals surface area contributed by atoms with E-state index in [2.05, 4.69) is 25.7 Å². The molecule has 1 aliphatic heterocycles. The Kier molecular flexibility index (Phi) is 4.14. The molecule has 15 heavy (non-hydrogen) atoms. The van der Waals surface area contributed by atoms with E-state index in [1.165, 1.54) is 0 Å². The first-order chi connectivity index (χ1) is 6.99. The zero-order chi connectivity index (χ0) is 11.6. The highest BCUT2D eigenvalue weighted by atomic mass is 16.4. The molecule has 3 heteroatoms. The van der Waals surface area contributed by atoms with Gasteiger partial charge in [0.25, 0.3) is 0 Å². The molecule has 0 bridgehead atoms. The third-order valence-electron chi connectivity index (χ3n) is 3.98. The number of nitrogens with zero attached hydrogens (tertiary/aromatic N) is 1. The summed E-state index contributed by atoms with van der Waals surface area (Å²) in [6, 6.07) is 0.107. The molecule has 1 N–H and O–H groups in total. The molecule has 4 atom stereocenters. The van der Waals surface area contributed by atoms with Gasteiger partial charge in [-0.2, -0.15) is 0 Å². The molecule has 0 aromatic heterocycles. The van der Waals surface area contributed by atoms with Crippen LogP contribution in [0.3, 0.4) is 0 Å².